The van der Waals surface area contributed by atoms with E-state index in [-0.39, 0.29) is 18.2 Å². The van der Waals surface area contributed by atoms with E-state index in [1.807, 2.05) is 0 Å². The van der Waals surface area contributed by atoms with Gasteiger partial charge in [0.1, 0.15) is 9.84 Å². The second-order valence-corrected chi connectivity index (χ2v) is 6.62. The molecule has 16 heavy (non-hydrogen) atoms. The second-order valence-electron chi connectivity index (χ2n) is 4.36. The van der Waals surface area contributed by atoms with Crippen molar-refractivity contribution in [3.05, 3.63) is 0 Å². The summed E-state index contributed by atoms with van der Waals surface area (Å²) in [6.45, 7) is 0.531. The molecule has 94 valence electrons. The van der Waals surface area contributed by atoms with Crippen LogP contribution in [0.4, 0.5) is 0 Å². The molecule has 0 aromatic carbocycles. The first-order valence-electron chi connectivity index (χ1n) is 5.65. The monoisotopic (exact) mass is 248 g/mol. The molecule has 0 aromatic rings. The van der Waals surface area contributed by atoms with E-state index >= 15 is 0 Å². The summed E-state index contributed by atoms with van der Waals surface area (Å²) < 4.78 is 21.6. The van der Waals surface area contributed by atoms with Crippen molar-refractivity contribution in [1.82, 2.24) is 10.6 Å². The van der Waals surface area contributed by atoms with Gasteiger partial charge in [-0.1, -0.05) is 12.8 Å². The van der Waals surface area contributed by atoms with Gasteiger partial charge in [0, 0.05) is 18.8 Å². The zero-order chi connectivity index (χ0) is 12.0. The smallest absolute Gasteiger partial charge is 0.234 e. The fraction of sp³-hybridized carbons (Fsp3) is 0.900. The van der Waals surface area contributed by atoms with Gasteiger partial charge in [0.15, 0.2) is 0 Å². The molecule has 2 N–H and O–H groups in total. The Morgan fingerprint density at radius 2 is 1.94 bits per heavy atom. The number of amides is 1. The maximum atomic E-state index is 11.4. The van der Waals surface area contributed by atoms with Crippen LogP contribution in [0, 0.1) is 0 Å². The number of carbonyl (C=O) groups is 1. The fourth-order valence-corrected chi connectivity index (χ4v) is 2.32. The van der Waals surface area contributed by atoms with Gasteiger partial charge in [0.05, 0.1) is 12.3 Å². The summed E-state index contributed by atoms with van der Waals surface area (Å²) in [4.78, 5) is 11.4. The van der Waals surface area contributed by atoms with Crippen molar-refractivity contribution in [3.8, 4) is 0 Å². The zero-order valence-electron chi connectivity index (χ0n) is 9.66. The average molecular weight is 248 g/mol. The van der Waals surface area contributed by atoms with Crippen molar-refractivity contribution in [2.24, 2.45) is 0 Å². The van der Waals surface area contributed by atoms with Gasteiger partial charge in [-0.15, -0.1) is 0 Å². The van der Waals surface area contributed by atoms with Gasteiger partial charge in [-0.3, -0.25) is 4.79 Å². The Kier molecular flexibility index (Phi) is 5.21. The molecule has 1 saturated carbocycles. The molecule has 6 heteroatoms. The third-order valence-electron chi connectivity index (χ3n) is 2.66. The van der Waals surface area contributed by atoms with Crippen LogP contribution in [0.2, 0.25) is 0 Å². The maximum absolute atomic E-state index is 11.4. The molecule has 0 heterocycles. The summed E-state index contributed by atoms with van der Waals surface area (Å²) in [7, 11) is -2.94. The van der Waals surface area contributed by atoms with Gasteiger partial charge < -0.3 is 10.6 Å². The first-order chi connectivity index (χ1) is 7.47. The highest BCUT2D eigenvalue weighted by Crippen LogP contribution is 2.17. The molecule has 1 rings (SSSR count). The molecule has 0 spiro atoms. The predicted octanol–water partition coefficient (Wildman–Crippen LogP) is -0.321. The molecule has 0 aliphatic heterocycles. The molecule has 1 fully saturated rings. The highest BCUT2D eigenvalue weighted by molar-refractivity contribution is 7.90. The van der Waals surface area contributed by atoms with Gasteiger partial charge in [-0.25, -0.2) is 8.42 Å². The number of hydrogen-bond acceptors (Lipinski definition) is 4. The van der Waals surface area contributed by atoms with E-state index in [1.165, 1.54) is 19.1 Å². The molecule has 0 bridgehead atoms. The third kappa shape index (κ3) is 6.07. The summed E-state index contributed by atoms with van der Waals surface area (Å²) in [5.74, 6) is 0.0318. The lowest BCUT2D eigenvalue weighted by Gasteiger charge is -2.12. The quantitative estimate of drug-likeness (QED) is 0.632. The van der Waals surface area contributed by atoms with Gasteiger partial charge in [-0.2, -0.15) is 0 Å². The molecule has 0 saturated heterocycles. The van der Waals surface area contributed by atoms with Crippen LogP contribution in [-0.2, 0) is 14.6 Å². The first kappa shape index (κ1) is 13.4. The van der Waals surface area contributed by atoms with Gasteiger partial charge in [-0.05, 0) is 12.8 Å². The van der Waals surface area contributed by atoms with Crippen molar-refractivity contribution in [3.63, 3.8) is 0 Å². The fourth-order valence-electron chi connectivity index (χ4n) is 1.81. The topological polar surface area (TPSA) is 75.3 Å². The minimum atomic E-state index is -2.94. The molecule has 1 aliphatic carbocycles. The average Bonchev–Trinajstić information content (AvgIpc) is 2.63. The number of nitrogens with one attached hydrogen (secondary N) is 2. The van der Waals surface area contributed by atoms with Crippen molar-refractivity contribution in [1.29, 1.82) is 0 Å². The first-order valence-corrected chi connectivity index (χ1v) is 7.71. The Labute approximate surface area is 96.9 Å². The van der Waals surface area contributed by atoms with Crippen LogP contribution < -0.4 is 10.6 Å². The van der Waals surface area contributed by atoms with Crippen LogP contribution >= 0.6 is 0 Å². The SMILES string of the molecule is CS(=O)(=O)CCNCC(=O)NC1CCCC1. The molecule has 0 unspecified atom stereocenters. The van der Waals surface area contributed by atoms with E-state index in [2.05, 4.69) is 10.6 Å². The van der Waals surface area contributed by atoms with Crippen molar-refractivity contribution in [2.45, 2.75) is 31.7 Å². The summed E-state index contributed by atoms with van der Waals surface area (Å²) in [6.07, 6.45) is 5.69. The molecule has 0 atom stereocenters. The number of rotatable bonds is 6. The Balaban J connectivity index is 2.06. The van der Waals surface area contributed by atoms with Crippen LogP contribution in [0.15, 0.2) is 0 Å². The van der Waals surface area contributed by atoms with E-state index in [4.69, 9.17) is 0 Å². The van der Waals surface area contributed by atoms with Crippen LogP contribution in [0.1, 0.15) is 25.7 Å². The normalized spacial score (nSPS) is 17.6. The van der Waals surface area contributed by atoms with E-state index < -0.39 is 9.84 Å². The molecule has 0 radical (unpaired) electrons. The molecule has 1 aliphatic rings. The Morgan fingerprint density at radius 3 is 2.50 bits per heavy atom. The number of hydrogen-bond donors (Lipinski definition) is 2. The molecular weight excluding hydrogens is 228 g/mol. The Morgan fingerprint density at radius 1 is 1.31 bits per heavy atom. The third-order valence-corrected chi connectivity index (χ3v) is 3.60. The van der Waals surface area contributed by atoms with E-state index in [9.17, 15) is 13.2 Å². The second kappa shape index (κ2) is 6.20. The van der Waals surface area contributed by atoms with Gasteiger partial charge in [0.2, 0.25) is 5.91 Å². The summed E-state index contributed by atoms with van der Waals surface area (Å²) in [5.41, 5.74) is 0. The standard InChI is InChI=1S/C10H20N2O3S/c1-16(14,15)7-6-11-8-10(13)12-9-4-2-3-5-9/h9,11H,2-8H2,1H3,(H,12,13). The number of sulfone groups is 1. The van der Waals surface area contributed by atoms with E-state index in [0.29, 0.717) is 12.6 Å². The van der Waals surface area contributed by atoms with Crippen LogP contribution in [-0.4, -0.2) is 45.5 Å². The van der Waals surface area contributed by atoms with Crippen molar-refractivity contribution < 1.29 is 13.2 Å². The van der Waals surface area contributed by atoms with Crippen molar-refractivity contribution >= 4 is 15.7 Å². The Hall–Kier alpha value is -0.620. The largest absolute Gasteiger partial charge is 0.352 e. The van der Waals surface area contributed by atoms with E-state index in [0.717, 1.165) is 12.8 Å². The summed E-state index contributed by atoms with van der Waals surface area (Å²) >= 11 is 0. The summed E-state index contributed by atoms with van der Waals surface area (Å²) in [6, 6.07) is 0.323. The van der Waals surface area contributed by atoms with Crippen LogP contribution in [0.3, 0.4) is 0 Å². The zero-order valence-corrected chi connectivity index (χ0v) is 10.5. The molecule has 5 nitrogen and oxygen atoms in total. The molecule has 0 aromatic heterocycles. The lowest BCUT2D eigenvalue weighted by molar-refractivity contribution is -0.120. The molecule has 1 amide bonds. The Bertz CT molecular complexity index is 321. The highest BCUT2D eigenvalue weighted by atomic mass is 32.2. The van der Waals surface area contributed by atoms with E-state index in [1.54, 1.807) is 0 Å². The highest BCUT2D eigenvalue weighted by Gasteiger charge is 2.16. The van der Waals surface area contributed by atoms with Crippen LogP contribution in [0.25, 0.3) is 0 Å². The lowest BCUT2D eigenvalue weighted by atomic mass is 10.2. The van der Waals surface area contributed by atoms with Crippen molar-refractivity contribution in [2.75, 3.05) is 25.1 Å². The number of carbonyl (C=O) groups excluding carboxylic acids is 1. The van der Waals surface area contributed by atoms with Gasteiger partial charge in [0.25, 0.3) is 0 Å². The maximum Gasteiger partial charge on any atom is 0.234 e. The van der Waals surface area contributed by atoms with Crippen LogP contribution in [0.5, 0.6) is 0 Å². The molecular formula is C10H20N2O3S. The summed E-state index contributed by atoms with van der Waals surface area (Å²) in [5, 5.41) is 5.75. The van der Waals surface area contributed by atoms with Gasteiger partial charge >= 0.3 is 0 Å². The minimum absolute atomic E-state index is 0.0413. The minimum Gasteiger partial charge on any atom is -0.352 e. The lowest BCUT2D eigenvalue weighted by Crippen LogP contribution is -2.40. The predicted molar refractivity (Wildman–Crippen MR) is 63.0 cm³/mol.